The molecule has 0 aliphatic rings. The van der Waals surface area contributed by atoms with Crippen LogP contribution in [0.3, 0.4) is 0 Å². The van der Waals surface area contributed by atoms with E-state index in [0.29, 0.717) is 0 Å². The molecule has 7 nitrogen and oxygen atoms in total. The summed E-state index contributed by atoms with van der Waals surface area (Å²) in [6, 6.07) is 19.5. The van der Waals surface area contributed by atoms with E-state index in [1.807, 2.05) is 60.7 Å². The molecule has 2 rings (SSSR count). The molecule has 10 heteroatoms. The first-order valence-corrected chi connectivity index (χ1v) is 7.52. The van der Waals surface area contributed by atoms with Crippen molar-refractivity contribution in [2.75, 3.05) is 0 Å². The molecule has 0 fully saturated rings. The van der Waals surface area contributed by atoms with Gasteiger partial charge in [-0.2, -0.15) is 0 Å². The summed E-state index contributed by atoms with van der Waals surface area (Å²) in [6.07, 6.45) is 0. The molecular formula is C12H10O7P2Zr+2. The fraction of sp³-hybridized carbons (Fsp3) is 0. The van der Waals surface area contributed by atoms with Crippen molar-refractivity contribution in [3.05, 3.63) is 60.7 Å². The Labute approximate surface area is 148 Å². The summed E-state index contributed by atoms with van der Waals surface area (Å²) < 4.78 is 22.5. The fourth-order valence-electron chi connectivity index (χ4n) is 1.11. The molecule has 0 atom stereocenters. The van der Waals surface area contributed by atoms with Crippen molar-refractivity contribution in [3.8, 4) is 11.5 Å². The van der Waals surface area contributed by atoms with Gasteiger partial charge < -0.3 is 24.3 Å². The summed E-state index contributed by atoms with van der Waals surface area (Å²) >= 11 is 0. The van der Waals surface area contributed by atoms with E-state index in [1.54, 1.807) is 0 Å². The van der Waals surface area contributed by atoms with Crippen LogP contribution in [0.1, 0.15) is 0 Å². The summed E-state index contributed by atoms with van der Waals surface area (Å²) in [6.45, 7) is 0. The molecule has 0 unspecified atom stereocenters. The smallest absolute Gasteiger partial charge is 0.598 e. The van der Waals surface area contributed by atoms with Crippen molar-refractivity contribution in [3.63, 3.8) is 0 Å². The van der Waals surface area contributed by atoms with E-state index >= 15 is 0 Å². The number of hydrogen-bond donors (Lipinski definition) is 0. The average Bonchev–Trinajstić information content (AvgIpc) is 2.40. The van der Waals surface area contributed by atoms with E-state index in [2.05, 4.69) is 0 Å². The Balaban J connectivity index is 0. The van der Waals surface area contributed by atoms with Gasteiger partial charge in [-0.3, -0.25) is 0 Å². The van der Waals surface area contributed by atoms with Gasteiger partial charge in [-0.05, 0) is 24.3 Å². The quantitative estimate of drug-likeness (QED) is 0.635. The first-order chi connectivity index (χ1) is 9.91. The molecule has 0 aliphatic carbocycles. The summed E-state index contributed by atoms with van der Waals surface area (Å²) in [4.78, 5) is 33.9. The maximum atomic E-state index is 8.48. The Kier molecular flexibility index (Phi) is 16.1. The van der Waals surface area contributed by atoms with Gasteiger partial charge in [-0.15, -0.1) is 0 Å². The molecular weight excluding hydrogens is 409 g/mol. The first-order valence-electron chi connectivity index (χ1n) is 5.33. The van der Waals surface area contributed by atoms with Crippen molar-refractivity contribution in [2.45, 2.75) is 0 Å². The Morgan fingerprint density at radius 1 is 0.636 bits per heavy atom. The van der Waals surface area contributed by atoms with Gasteiger partial charge in [0.2, 0.25) is 0 Å². The van der Waals surface area contributed by atoms with Crippen molar-refractivity contribution in [2.24, 2.45) is 0 Å². The van der Waals surface area contributed by atoms with E-state index in [9.17, 15) is 0 Å². The van der Waals surface area contributed by atoms with Crippen LogP contribution in [0.25, 0.3) is 0 Å². The van der Waals surface area contributed by atoms with Crippen molar-refractivity contribution in [1.82, 2.24) is 0 Å². The Bertz CT molecular complexity index is 482. The maximum absolute atomic E-state index is 8.48. The predicted octanol–water partition coefficient (Wildman–Crippen LogP) is 0.205. The molecule has 0 bridgehead atoms. The minimum absolute atomic E-state index is 0. The first kappa shape index (κ1) is 23.4. The van der Waals surface area contributed by atoms with Gasteiger partial charge in [0, 0.05) is 0 Å². The van der Waals surface area contributed by atoms with Gasteiger partial charge in [-0.25, -0.2) is 0 Å². The van der Waals surface area contributed by atoms with Crippen LogP contribution in [-0.2, 0) is 35.3 Å². The molecule has 112 valence electrons. The van der Waals surface area contributed by atoms with Crippen LogP contribution in [0.2, 0.25) is 0 Å². The second-order valence-corrected chi connectivity index (χ2v) is 4.07. The van der Waals surface area contributed by atoms with Crippen LogP contribution < -0.4 is 24.3 Å². The Hall–Kier alpha value is -0.837. The number of rotatable bonds is 2. The molecule has 0 heterocycles. The van der Waals surface area contributed by atoms with E-state index in [1.165, 1.54) is 0 Å². The monoisotopic (exact) mass is 418 g/mol. The average molecular weight is 419 g/mol. The Morgan fingerprint density at radius 2 is 0.864 bits per heavy atom. The molecule has 0 aliphatic heterocycles. The van der Waals surface area contributed by atoms with Crippen LogP contribution in [0, 0.1) is 0 Å². The zero-order valence-corrected chi connectivity index (χ0v) is 15.3. The molecule has 0 spiro atoms. The Morgan fingerprint density at radius 3 is 1.09 bits per heavy atom. The standard InChI is InChI=1S/C12H10O.2HO3P.Zr/c1-3-7-11(8-4-1)13-12-9-5-2-6-10-12;2*1-4(2)3;/h1-10H;2*(H,1,2,3);/q;;;+4/p-2. The molecule has 0 saturated carbocycles. The minimum Gasteiger partial charge on any atom is -0.598 e. The van der Waals surface area contributed by atoms with Crippen molar-refractivity contribution in [1.29, 1.82) is 0 Å². The van der Waals surface area contributed by atoms with Crippen LogP contribution in [0.15, 0.2) is 60.7 Å². The summed E-state index contributed by atoms with van der Waals surface area (Å²) in [5, 5.41) is 0. The van der Waals surface area contributed by atoms with E-state index in [-0.39, 0.29) is 26.2 Å². The third kappa shape index (κ3) is 17.2. The van der Waals surface area contributed by atoms with Crippen LogP contribution in [-0.4, -0.2) is 0 Å². The van der Waals surface area contributed by atoms with E-state index in [4.69, 9.17) is 33.4 Å². The van der Waals surface area contributed by atoms with Crippen LogP contribution in [0.5, 0.6) is 11.5 Å². The second kappa shape index (κ2) is 15.1. The molecule has 0 N–H and O–H groups in total. The SMILES string of the molecule is O=[P+]([O-])[O-].O=[P+]([O-])[O-].[Zr+4].c1ccc(Oc2ccccc2)cc1. The second-order valence-electron chi connectivity index (χ2n) is 3.18. The van der Waals surface area contributed by atoms with E-state index in [0.717, 1.165) is 11.5 Å². The maximum Gasteiger partial charge on any atom is 4.00 e. The van der Waals surface area contributed by atoms with Gasteiger partial charge >= 0.3 is 26.2 Å². The topological polar surface area (TPSA) is 136 Å². The minimum atomic E-state index is -3.37. The summed E-state index contributed by atoms with van der Waals surface area (Å²) in [7, 11) is -6.74. The number of ether oxygens (including phenoxy) is 1. The largest absolute Gasteiger partial charge is 4.00 e. The summed E-state index contributed by atoms with van der Waals surface area (Å²) in [5.41, 5.74) is 0. The number of para-hydroxylation sites is 2. The third-order valence-electron chi connectivity index (χ3n) is 1.72. The van der Waals surface area contributed by atoms with Crippen molar-refractivity contribution >= 4 is 16.5 Å². The molecule has 0 amide bonds. The van der Waals surface area contributed by atoms with Gasteiger partial charge in [0.05, 0.1) is 0 Å². The normalized spacial score (nSPS) is 8.00. The third-order valence-corrected chi connectivity index (χ3v) is 1.72. The zero-order chi connectivity index (χ0) is 16.1. The van der Waals surface area contributed by atoms with Gasteiger partial charge in [0.15, 0.2) is 0 Å². The molecule has 0 saturated heterocycles. The molecule has 0 aromatic heterocycles. The number of hydrogen-bond acceptors (Lipinski definition) is 7. The molecule has 2 aromatic rings. The van der Waals surface area contributed by atoms with Crippen LogP contribution >= 0.6 is 16.5 Å². The molecule has 2 aromatic carbocycles. The molecule has 0 radical (unpaired) electrons. The van der Waals surface area contributed by atoms with Crippen LogP contribution in [0.4, 0.5) is 0 Å². The van der Waals surface area contributed by atoms with Gasteiger partial charge in [-0.1, -0.05) is 45.5 Å². The van der Waals surface area contributed by atoms with Gasteiger partial charge in [0.25, 0.3) is 16.5 Å². The predicted molar refractivity (Wildman–Crippen MR) is 68.2 cm³/mol. The van der Waals surface area contributed by atoms with Gasteiger partial charge in [0.1, 0.15) is 11.5 Å². The number of benzene rings is 2. The molecule has 22 heavy (non-hydrogen) atoms. The fourth-order valence-corrected chi connectivity index (χ4v) is 1.11. The summed E-state index contributed by atoms with van der Waals surface area (Å²) in [5.74, 6) is 1.74. The van der Waals surface area contributed by atoms with Crippen molar-refractivity contribution < 1.29 is 59.6 Å². The van der Waals surface area contributed by atoms with E-state index < -0.39 is 16.5 Å². The zero-order valence-electron chi connectivity index (χ0n) is 11.0.